The predicted octanol–water partition coefficient (Wildman–Crippen LogP) is 4.69. The van der Waals surface area contributed by atoms with Crippen LogP contribution in [0.5, 0.6) is 5.75 Å². The van der Waals surface area contributed by atoms with Gasteiger partial charge in [-0.25, -0.2) is 4.98 Å². The Bertz CT molecular complexity index is 944. The minimum Gasteiger partial charge on any atom is -0.471 e. The Hall–Kier alpha value is -3.00. The van der Waals surface area contributed by atoms with Crippen LogP contribution < -0.4 is 10.1 Å². The van der Waals surface area contributed by atoms with E-state index in [9.17, 15) is 10.0 Å². The van der Waals surface area contributed by atoms with Crippen LogP contribution in [0.2, 0.25) is 0 Å². The van der Waals surface area contributed by atoms with Crippen molar-refractivity contribution in [1.29, 1.82) is 0 Å². The first-order chi connectivity index (χ1) is 14.5. The topological polar surface area (TPSA) is 87.0 Å². The number of oxime groups is 1. The number of amidine groups is 1. The Labute approximate surface area is 180 Å². The number of nitrogens with zero attached hydrogens (tertiary/aromatic N) is 3. The molecule has 0 spiro atoms. The molecule has 1 unspecified atom stereocenters. The molecule has 0 aliphatic carbocycles. The molecular formula is C22H26N4O3S. The van der Waals surface area contributed by atoms with Gasteiger partial charge < -0.3 is 15.3 Å². The Kier molecular flexibility index (Phi) is 7.35. The highest BCUT2D eigenvalue weighted by Crippen LogP contribution is 2.32. The fraction of sp³-hybridized carbons (Fsp3) is 0.318. The maximum absolute atomic E-state index is 12.6. The van der Waals surface area contributed by atoms with Gasteiger partial charge in [-0.15, -0.1) is 0 Å². The fourth-order valence-electron chi connectivity index (χ4n) is 2.95. The molecule has 7 nitrogen and oxygen atoms in total. The van der Waals surface area contributed by atoms with Gasteiger partial charge in [0.1, 0.15) is 11.6 Å². The number of aryl methyl sites for hydroxylation is 1. The van der Waals surface area contributed by atoms with Crippen molar-refractivity contribution in [2.45, 2.75) is 39.8 Å². The van der Waals surface area contributed by atoms with E-state index >= 15 is 0 Å². The molecule has 1 aromatic carbocycles. The van der Waals surface area contributed by atoms with E-state index in [1.54, 1.807) is 12.3 Å². The standard InChI is InChI=1S/C22H26N4O3S/c1-4-5-13-26-21(27)19(30-22(26)25-28)14-17-8-10-18(11-9-17)29-16(3)24-20-15(2)7-6-12-23-20/h6-12,14,16,28H,4-5,13H2,1-3H3,(H,23,24)/b19-14-,25-22-. The van der Waals surface area contributed by atoms with Gasteiger partial charge in [-0.05, 0) is 67.4 Å². The van der Waals surface area contributed by atoms with Gasteiger partial charge >= 0.3 is 0 Å². The molecule has 0 saturated carbocycles. The smallest absolute Gasteiger partial charge is 0.266 e. The minimum absolute atomic E-state index is 0.134. The predicted molar refractivity (Wildman–Crippen MR) is 121 cm³/mol. The van der Waals surface area contributed by atoms with Crippen LogP contribution in [0.25, 0.3) is 6.08 Å². The average molecular weight is 427 g/mol. The van der Waals surface area contributed by atoms with Gasteiger partial charge in [0.15, 0.2) is 6.23 Å². The van der Waals surface area contributed by atoms with Crippen LogP contribution in [0.1, 0.15) is 37.8 Å². The van der Waals surface area contributed by atoms with E-state index in [1.165, 1.54) is 16.7 Å². The maximum Gasteiger partial charge on any atom is 0.266 e. The van der Waals surface area contributed by atoms with Crippen LogP contribution in [0.3, 0.4) is 0 Å². The average Bonchev–Trinajstić information content (AvgIpc) is 3.04. The molecule has 1 aliphatic heterocycles. The zero-order valence-corrected chi connectivity index (χ0v) is 18.1. The number of hydrogen-bond acceptors (Lipinski definition) is 7. The molecular weight excluding hydrogens is 400 g/mol. The molecule has 30 heavy (non-hydrogen) atoms. The fourth-order valence-corrected chi connectivity index (χ4v) is 3.87. The van der Waals surface area contributed by atoms with Crippen molar-refractivity contribution in [3.63, 3.8) is 0 Å². The third kappa shape index (κ3) is 5.33. The molecule has 1 fully saturated rings. The number of unbranched alkanes of at least 4 members (excludes halogenated alkanes) is 1. The number of anilines is 1. The number of rotatable bonds is 8. The first kappa shape index (κ1) is 21.7. The number of hydrogen-bond donors (Lipinski definition) is 2. The lowest BCUT2D eigenvalue weighted by Crippen LogP contribution is -2.30. The summed E-state index contributed by atoms with van der Waals surface area (Å²) >= 11 is 1.18. The van der Waals surface area contributed by atoms with Crippen LogP contribution >= 0.6 is 11.8 Å². The molecule has 3 rings (SSSR count). The second kappa shape index (κ2) is 10.2. The van der Waals surface area contributed by atoms with E-state index in [-0.39, 0.29) is 12.1 Å². The number of carbonyl (C=O) groups is 1. The van der Waals surface area contributed by atoms with Gasteiger partial charge in [0.05, 0.1) is 4.91 Å². The molecule has 1 amide bonds. The summed E-state index contributed by atoms with van der Waals surface area (Å²) in [6, 6.07) is 11.4. The molecule has 8 heteroatoms. The quantitative estimate of drug-likeness (QED) is 0.276. The summed E-state index contributed by atoms with van der Waals surface area (Å²) in [5.74, 6) is 1.36. The van der Waals surface area contributed by atoms with Crippen molar-refractivity contribution >= 4 is 34.7 Å². The molecule has 0 radical (unpaired) electrons. The van der Waals surface area contributed by atoms with Gasteiger partial charge in [0.2, 0.25) is 5.17 Å². The molecule has 1 atom stereocenters. The van der Waals surface area contributed by atoms with Gasteiger partial charge in [-0.2, -0.15) is 0 Å². The van der Waals surface area contributed by atoms with Crippen LogP contribution in [-0.2, 0) is 4.79 Å². The largest absolute Gasteiger partial charge is 0.471 e. The Morgan fingerprint density at radius 1 is 1.33 bits per heavy atom. The number of ether oxygens (including phenoxy) is 1. The highest BCUT2D eigenvalue weighted by atomic mass is 32.2. The molecule has 2 heterocycles. The van der Waals surface area contributed by atoms with E-state index in [2.05, 4.69) is 22.4 Å². The van der Waals surface area contributed by atoms with E-state index in [0.717, 1.165) is 29.8 Å². The van der Waals surface area contributed by atoms with Crippen LogP contribution in [0.4, 0.5) is 5.82 Å². The number of pyridine rings is 1. The normalized spacial score (nSPS) is 17.6. The van der Waals surface area contributed by atoms with Gasteiger partial charge in [0.25, 0.3) is 5.91 Å². The summed E-state index contributed by atoms with van der Waals surface area (Å²) in [6.45, 7) is 6.51. The van der Waals surface area contributed by atoms with Crippen LogP contribution in [-0.4, -0.2) is 38.9 Å². The van der Waals surface area contributed by atoms with E-state index in [1.807, 2.05) is 50.2 Å². The monoisotopic (exact) mass is 426 g/mol. The Morgan fingerprint density at radius 3 is 2.77 bits per heavy atom. The number of aromatic nitrogens is 1. The number of amides is 1. The number of thioether (sulfide) groups is 1. The number of nitrogens with one attached hydrogen (secondary N) is 1. The Morgan fingerprint density at radius 2 is 2.10 bits per heavy atom. The van der Waals surface area contributed by atoms with Crippen molar-refractivity contribution in [2.75, 3.05) is 11.9 Å². The van der Waals surface area contributed by atoms with Gasteiger partial charge in [-0.3, -0.25) is 9.69 Å². The molecule has 0 bridgehead atoms. The minimum atomic E-state index is -0.259. The molecule has 1 aromatic heterocycles. The van der Waals surface area contributed by atoms with E-state index in [4.69, 9.17) is 4.74 Å². The first-order valence-corrected chi connectivity index (χ1v) is 10.7. The third-order valence-electron chi connectivity index (χ3n) is 4.55. The van der Waals surface area contributed by atoms with Crippen LogP contribution in [0, 0.1) is 6.92 Å². The maximum atomic E-state index is 12.6. The summed E-state index contributed by atoms with van der Waals surface area (Å²) in [5.41, 5.74) is 1.92. The van der Waals surface area contributed by atoms with E-state index < -0.39 is 0 Å². The second-order valence-corrected chi connectivity index (χ2v) is 7.96. The lowest BCUT2D eigenvalue weighted by molar-refractivity contribution is -0.122. The number of benzene rings is 1. The summed E-state index contributed by atoms with van der Waals surface area (Å²) in [6.07, 6.45) is 5.09. The highest BCUT2D eigenvalue weighted by molar-refractivity contribution is 8.18. The zero-order valence-electron chi connectivity index (χ0n) is 17.3. The third-order valence-corrected chi connectivity index (χ3v) is 5.55. The summed E-state index contributed by atoms with van der Waals surface area (Å²) in [5, 5.41) is 16.0. The molecule has 2 N–H and O–H groups in total. The van der Waals surface area contributed by atoms with Crippen molar-refractivity contribution in [3.05, 3.63) is 58.6 Å². The van der Waals surface area contributed by atoms with E-state index in [0.29, 0.717) is 22.4 Å². The SMILES string of the molecule is CCCCN1C(=O)/C(=C/c2ccc(OC(C)Nc3ncccc3C)cc2)S/C1=N\O. The molecule has 1 saturated heterocycles. The van der Waals surface area contributed by atoms with Crippen molar-refractivity contribution in [2.24, 2.45) is 5.16 Å². The van der Waals surface area contributed by atoms with Crippen molar-refractivity contribution in [1.82, 2.24) is 9.88 Å². The zero-order chi connectivity index (χ0) is 21.5. The summed E-state index contributed by atoms with van der Waals surface area (Å²) in [4.78, 5) is 19.0. The molecule has 2 aromatic rings. The van der Waals surface area contributed by atoms with Gasteiger partial charge in [-0.1, -0.05) is 36.7 Å². The highest BCUT2D eigenvalue weighted by Gasteiger charge is 2.33. The second-order valence-electron chi connectivity index (χ2n) is 6.95. The number of carbonyl (C=O) groups excluding carboxylic acids is 1. The Balaban J connectivity index is 1.64. The first-order valence-electron chi connectivity index (χ1n) is 9.90. The van der Waals surface area contributed by atoms with Gasteiger partial charge in [0, 0.05) is 12.7 Å². The lowest BCUT2D eigenvalue weighted by atomic mass is 10.2. The van der Waals surface area contributed by atoms with Crippen LogP contribution in [0.15, 0.2) is 52.7 Å². The van der Waals surface area contributed by atoms with Crippen molar-refractivity contribution < 1.29 is 14.7 Å². The summed E-state index contributed by atoms with van der Waals surface area (Å²) in [7, 11) is 0. The molecule has 158 valence electrons. The molecule has 1 aliphatic rings. The summed E-state index contributed by atoms with van der Waals surface area (Å²) < 4.78 is 5.91. The lowest BCUT2D eigenvalue weighted by Gasteiger charge is -2.18. The van der Waals surface area contributed by atoms with Crippen molar-refractivity contribution in [3.8, 4) is 5.75 Å².